The summed E-state index contributed by atoms with van der Waals surface area (Å²) in [5, 5.41) is 6.86. The number of amides is 2. The second kappa shape index (κ2) is 5.74. The Balaban J connectivity index is 1.52. The number of nitrogens with zero attached hydrogens (tertiary/aromatic N) is 4. The fourth-order valence-electron chi connectivity index (χ4n) is 3.75. The number of likely N-dealkylation sites (tertiary alicyclic amines) is 2. The smallest absolute Gasteiger partial charge is 0.274 e. The minimum atomic E-state index is -0.0946. The van der Waals surface area contributed by atoms with Gasteiger partial charge in [0.25, 0.3) is 5.91 Å². The Morgan fingerprint density at radius 3 is 3.00 bits per heavy atom. The molecule has 2 saturated heterocycles. The van der Waals surface area contributed by atoms with E-state index in [1.807, 2.05) is 24.0 Å². The van der Waals surface area contributed by atoms with Crippen LogP contribution >= 0.6 is 0 Å². The number of pyridine rings is 1. The average Bonchev–Trinajstić information content (AvgIpc) is 3.26. The molecule has 4 rings (SSSR count). The summed E-state index contributed by atoms with van der Waals surface area (Å²) in [6.45, 7) is 3.08. The lowest BCUT2D eigenvalue weighted by Gasteiger charge is -2.25. The Kier molecular flexibility index (Phi) is 3.55. The molecule has 0 radical (unpaired) electrons. The maximum atomic E-state index is 12.7. The molecule has 1 N–H and O–H groups in total. The van der Waals surface area contributed by atoms with Crippen LogP contribution < -0.4 is 0 Å². The van der Waals surface area contributed by atoms with Gasteiger partial charge in [-0.05, 0) is 31.0 Å². The van der Waals surface area contributed by atoms with Crippen molar-refractivity contribution in [3.8, 4) is 0 Å². The first-order valence-electron chi connectivity index (χ1n) is 8.15. The standard InChI is InChI=1S/C17H19N5O2/c1-11-7-13(20-19-11)17(24)21-6-4-14-15(21)8-16(23)22(14)10-12-3-2-5-18-9-12/h2-3,5,7,9,14-15H,4,6,8,10H2,1H3,(H,19,20)/t14-,15-/m1/s1. The van der Waals surface area contributed by atoms with Gasteiger partial charge in [-0.2, -0.15) is 5.10 Å². The van der Waals surface area contributed by atoms with E-state index in [4.69, 9.17) is 0 Å². The molecule has 0 saturated carbocycles. The lowest BCUT2D eigenvalue weighted by Crippen LogP contribution is -2.39. The van der Waals surface area contributed by atoms with Gasteiger partial charge in [-0.25, -0.2) is 0 Å². The van der Waals surface area contributed by atoms with Gasteiger partial charge in [0.15, 0.2) is 0 Å². The number of carbonyl (C=O) groups is 2. The summed E-state index contributed by atoms with van der Waals surface area (Å²) in [5.41, 5.74) is 2.29. The zero-order chi connectivity index (χ0) is 16.7. The molecule has 7 heteroatoms. The maximum Gasteiger partial charge on any atom is 0.274 e. The predicted molar refractivity (Wildman–Crippen MR) is 86.0 cm³/mol. The number of aromatic nitrogens is 3. The summed E-state index contributed by atoms with van der Waals surface area (Å²) < 4.78 is 0. The number of rotatable bonds is 3. The molecule has 0 aliphatic carbocycles. The number of aryl methyl sites for hydroxylation is 1. The van der Waals surface area contributed by atoms with E-state index in [0.717, 1.165) is 17.7 Å². The molecule has 0 aromatic carbocycles. The van der Waals surface area contributed by atoms with Gasteiger partial charge in [-0.15, -0.1) is 0 Å². The number of fused-ring (bicyclic) bond motifs is 1. The van der Waals surface area contributed by atoms with E-state index in [1.165, 1.54) is 0 Å². The van der Waals surface area contributed by atoms with E-state index >= 15 is 0 Å². The first-order valence-corrected chi connectivity index (χ1v) is 8.15. The van der Waals surface area contributed by atoms with E-state index in [1.54, 1.807) is 23.4 Å². The van der Waals surface area contributed by atoms with Crippen molar-refractivity contribution in [2.75, 3.05) is 6.54 Å². The van der Waals surface area contributed by atoms with Crippen molar-refractivity contribution in [1.82, 2.24) is 25.0 Å². The minimum absolute atomic E-state index is 0.0568. The zero-order valence-corrected chi connectivity index (χ0v) is 13.5. The fraction of sp³-hybridized carbons (Fsp3) is 0.412. The Morgan fingerprint density at radius 1 is 1.42 bits per heavy atom. The van der Waals surface area contributed by atoms with Gasteiger partial charge in [-0.3, -0.25) is 19.7 Å². The van der Waals surface area contributed by atoms with Gasteiger partial charge in [0, 0.05) is 37.6 Å². The van der Waals surface area contributed by atoms with E-state index in [-0.39, 0.29) is 23.9 Å². The van der Waals surface area contributed by atoms with Crippen LogP contribution in [0.15, 0.2) is 30.6 Å². The Hall–Kier alpha value is -2.70. The number of aromatic amines is 1. The number of hydrogen-bond donors (Lipinski definition) is 1. The molecule has 2 aromatic rings. The van der Waals surface area contributed by atoms with Crippen molar-refractivity contribution >= 4 is 11.8 Å². The van der Waals surface area contributed by atoms with Gasteiger partial charge in [0.1, 0.15) is 5.69 Å². The molecular formula is C17H19N5O2. The molecule has 2 aromatic heterocycles. The summed E-state index contributed by atoms with van der Waals surface area (Å²) in [7, 11) is 0. The summed E-state index contributed by atoms with van der Waals surface area (Å²) in [4.78, 5) is 32.9. The van der Waals surface area contributed by atoms with Crippen LogP contribution in [0.4, 0.5) is 0 Å². The lowest BCUT2D eigenvalue weighted by atomic mass is 10.1. The summed E-state index contributed by atoms with van der Waals surface area (Å²) in [6, 6.07) is 5.62. The summed E-state index contributed by atoms with van der Waals surface area (Å²) in [6.07, 6.45) is 4.71. The number of nitrogens with one attached hydrogen (secondary N) is 1. The average molecular weight is 325 g/mol. The summed E-state index contributed by atoms with van der Waals surface area (Å²) in [5.74, 6) is 0.00689. The molecule has 2 atom stereocenters. The molecule has 0 unspecified atom stereocenters. The molecule has 0 spiro atoms. The fourth-order valence-corrected chi connectivity index (χ4v) is 3.75. The quantitative estimate of drug-likeness (QED) is 0.917. The van der Waals surface area contributed by atoms with Crippen molar-refractivity contribution in [3.63, 3.8) is 0 Å². The van der Waals surface area contributed by atoms with Gasteiger partial charge >= 0.3 is 0 Å². The molecule has 4 heterocycles. The number of carbonyl (C=O) groups excluding carboxylic acids is 2. The second-order valence-corrected chi connectivity index (χ2v) is 6.45. The SMILES string of the molecule is Cc1cc(C(=O)N2CC[C@@H]3[C@H]2CC(=O)N3Cc2cccnc2)n[nH]1. The van der Waals surface area contributed by atoms with Crippen molar-refractivity contribution in [2.45, 2.75) is 38.4 Å². The van der Waals surface area contributed by atoms with Gasteiger partial charge < -0.3 is 9.80 Å². The van der Waals surface area contributed by atoms with Crippen LogP contribution in [0.2, 0.25) is 0 Å². The Bertz CT molecular complexity index is 772. The lowest BCUT2D eigenvalue weighted by molar-refractivity contribution is -0.129. The molecular weight excluding hydrogens is 306 g/mol. The van der Waals surface area contributed by atoms with Crippen LogP contribution in [0.1, 0.15) is 34.6 Å². The van der Waals surface area contributed by atoms with E-state index in [9.17, 15) is 9.59 Å². The van der Waals surface area contributed by atoms with Crippen LogP contribution in [-0.4, -0.2) is 55.4 Å². The highest BCUT2D eigenvalue weighted by molar-refractivity contribution is 5.94. The predicted octanol–water partition coefficient (Wildman–Crippen LogP) is 1.13. The highest BCUT2D eigenvalue weighted by atomic mass is 16.2. The molecule has 124 valence electrons. The van der Waals surface area contributed by atoms with E-state index < -0.39 is 0 Å². The van der Waals surface area contributed by atoms with Gasteiger partial charge in [0.05, 0.1) is 12.1 Å². The second-order valence-electron chi connectivity index (χ2n) is 6.45. The highest BCUT2D eigenvalue weighted by Crippen LogP contribution is 2.34. The monoisotopic (exact) mass is 325 g/mol. The van der Waals surface area contributed by atoms with Gasteiger partial charge in [-0.1, -0.05) is 6.07 Å². The van der Waals surface area contributed by atoms with Crippen LogP contribution in [-0.2, 0) is 11.3 Å². The Morgan fingerprint density at radius 2 is 2.29 bits per heavy atom. The first kappa shape index (κ1) is 14.9. The molecule has 24 heavy (non-hydrogen) atoms. The van der Waals surface area contributed by atoms with Crippen molar-refractivity contribution < 1.29 is 9.59 Å². The largest absolute Gasteiger partial charge is 0.333 e. The highest BCUT2D eigenvalue weighted by Gasteiger charge is 2.48. The van der Waals surface area contributed by atoms with Crippen molar-refractivity contribution in [1.29, 1.82) is 0 Å². The first-order chi connectivity index (χ1) is 11.6. The van der Waals surface area contributed by atoms with E-state index in [0.29, 0.717) is 25.2 Å². The van der Waals surface area contributed by atoms with Crippen molar-refractivity contribution in [3.05, 3.63) is 47.5 Å². The molecule has 2 fully saturated rings. The van der Waals surface area contributed by atoms with Gasteiger partial charge in [0.2, 0.25) is 5.91 Å². The van der Waals surface area contributed by atoms with E-state index in [2.05, 4.69) is 15.2 Å². The third-order valence-electron chi connectivity index (χ3n) is 4.88. The molecule has 7 nitrogen and oxygen atoms in total. The molecule has 2 amide bonds. The van der Waals surface area contributed by atoms with Crippen LogP contribution in [0.3, 0.4) is 0 Å². The van der Waals surface area contributed by atoms with Crippen LogP contribution in [0.25, 0.3) is 0 Å². The number of H-pyrrole nitrogens is 1. The minimum Gasteiger partial charge on any atom is -0.333 e. The zero-order valence-electron chi connectivity index (χ0n) is 13.5. The Labute approximate surface area is 139 Å². The normalized spacial score (nSPS) is 23.0. The third kappa shape index (κ3) is 2.46. The summed E-state index contributed by atoms with van der Waals surface area (Å²) >= 11 is 0. The molecule has 0 bridgehead atoms. The topological polar surface area (TPSA) is 82.2 Å². The molecule has 2 aliphatic heterocycles. The number of hydrogen-bond acceptors (Lipinski definition) is 4. The van der Waals surface area contributed by atoms with Crippen LogP contribution in [0, 0.1) is 6.92 Å². The molecule has 2 aliphatic rings. The van der Waals surface area contributed by atoms with Crippen LogP contribution in [0.5, 0.6) is 0 Å². The van der Waals surface area contributed by atoms with Crippen molar-refractivity contribution in [2.24, 2.45) is 0 Å². The third-order valence-corrected chi connectivity index (χ3v) is 4.88. The maximum absolute atomic E-state index is 12.7.